The van der Waals surface area contributed by atoms with Crippen molar-refractivity contribution in [3.63, 3.8) is 0 Å². The third kappa shape index (κ3) is 2.42. The third-order valence-electron chi connectivity index (χ3n) is 3.13. The smallest absolute Gasteiger partial charge is 0.231 e. The first kappa shape index (κ1) is 12.4. The highest BCUT2D eigenvalue weighted by molar-refractivity contribution is 6.28. The largest absolute Gasteiger partial charge is 0.493 e. The van der Waals surface area contributed by atoms with Crippen LogP contribution in [0.4, 0.5) is 0 Å². The third-order valence-corrected chi connectivity index (χ3v) is 3.44. The van der Waals surface area contributed by atoms with Gasteiger partial charge in [0.25, 0.3) is 0 Å². The SMILES string of the molecule is COc1cc(C[C@H]2CC(CCl)=NO2)cc2c1OCO2. The molecule has 0 fully saturated rings. The summed E-state index contributed by atoms with van der Waals surface area (Å²) in [6.07, 6.45) is 1.52. The highest BCUT2D eigenvalue weighted by Crippen LogP contribution is 2.42. The van der Waals surface area contributed by atoms with Gasteiger partial charge in [-0.15, -0.1) is 11.6 Å². The summed E-state index contributed by atoms with van der Waals surface area (Å²) >= 11 is 5.73. The summed E-state index contributed by atoms with van der Waals surface area (Å²) in [5, 5.41) is 3.94. The molecule has 102 valence electrons. The maximum atomic E-state index is 5.73. The van der Waals surface area contributed by atoms with Crippen molar-refractivity contribution in [1.82, 2.24) is 0 Å². The first-order valence-electron chi connectivity index (χ1n) is 6.04. The van der Waals surface area contributed by atoms with Gasteiger partial charge in [0.15, 0.2) is 11.5 Å². The van der Waals surface area contributed by atoms with Crippen LogP contribution in [-0.2, 0) is 11.3 Å². The Balaban J connectivity index is 1.75. The van der Waals surface area contributed by atoms with Crippen LogP contribution in [0.3, 0.4) is 0 Å². The molecule has 19 heavy (non-hydrogen) atoms. The number of alkyl halides is 1. The minimum absolute atomic E-state index is 0.0267. The topological polar surface area (TPSA) is 49.3 Å². The monoisotopic (exact) mass is 283 g/mol. The molecule has 0 bridgehead atoms. The van der Waals surface area contributed by atoms with Crippen molar-refractivity contribution in [3.05, 3.63) is 17.7 Å². The number of hydrogen-bond acceptors (Lipinski definition) is 5. The number of ether oxygens (including phenoxy) is 3. The fraction of sp³-hybridized carbons (Fsp3) is 0.462. The molecule has 1 aromatic rings. The Kier molecular flexibility index (Phi) is 3.38. The molecular formula is C13H14ClNO4. The molecule has 0 radical (unpaired) electrons. The van der Waals surface area contributed by atoms with E-state index in [9.17, 15) is 0 Å². The second kappa shape index (κ2) is 5.17. The van der Waals surface area contributed by atoms with Gasteiger partial charge >= 0.3 is 0 Å². The molecule has 0 saturated heterocycles. The number of benzene rings is 1. The van der Waals surface area contributed by atoms with E-state index in [-0.39, 0.29) is 12.9 Å². The van der Waals surface area contributed by atoms with Crippen molar-refractivity contribution in [1.29, 1.82) is 0 Å². The van der Waals surface area contributed by atoms with E-state index in [0.29, 0.717) is 23.1 Å². The van der Waals surface area contributed by atoms with E-state index >= 15 is 0 Å². The van der Waals surface area contributed by atoms with E-state index in [2.05, 4.69) is 5.16 Å². The Morgan fingerprint density at radius 2 is 2.32 bits per heavy atom. The molecule has 0 aromatic heterocycles. The predicted octanol–water partition coefficient (Wildman–Crippen LogP) is 2.35. The van der Waals surface area contributed by atoms with E-state index in [1.807, 2.05) is 12.1 Å². The Morgan fingerprint density at radius 1 is 1.42 bits per heavy atom. The highest BCUT2D eigenvalue weighted by atomic mass is 35.5. The zero-order valence-electron chi connectivity index (χ0n) is 10.5. The van der Waals surface area contributed by atoms with Crippen LogP contribution in [0.25, 0.3) is 0 Å². The Bertz CT molecular complexity index is 518. The van der Waals surface area contributed by atoms with E-state index in [1.165, 1.54) is 0 Å². The van der Waals surface area contributed by atoms with Gasteiger partial charge in [-0.25, -0.2) is 0 Å². The molecule has 1 atom stereocenters. The second-order valence-electron chi connectivity index (χ2n) is 4.46. The number of nitrogens with zero attached hydrogens (tertiary/aromatic N) is 1. The maximum Gasteiger partial charge on any atom is 0.231 e. The van der Waals surface area contributed by atoms with E-state index in [0.717, 1.165) is 24.1 Å². The van der Waals surface area contributed by atoms with Crippen LogP contribution in [0.15, 0.2) is 17.3 Å². The van der Waals surface area contributed by atoms with Gasteiger partial charge in [0.05, 0.1) is 18.7 Å². The summed E-state index contributed by atoms with van der Waals surface area (Å²) in [6, 6.07) is 3.89. The number of fused-ring (bicyclic) bond motifs is 1. The van der Waals surface area contributed by atoms with Crippen LogP contribution in [0, 0.1) is 0 Å². The summed E-state index contributed by atoms with van der Waals surface area (Å²) in [5.74, 6) is 2.48. The zero-order chi connectivity index (χ0) is 13.2. The molecule has 0 saturated carbocycles. The van der Waals surface area contributed by atoms with E-state index < -0.39 is 0 Å². The van der Waals surface area contributed by atoms with Crippen LogP contribution in [0.2, 0.25) is 0 Å². The molecule has 0 N–H and O–H groups in total. The summed E-state index contributed by atoms with van der Waals surface area (Å²) in [5.41, 5.74) is 1.96. The average Bonchev–Trinajstić information content (AvgIpc) is 3.06. The minimum Gasteiger partial charge on any atom is -0.493 e. The first-order valence-corrected chi connectivity index (χ1v) is 6.57. The lowest BCUT2D eigenvalue weighted by Gasteiger charge is -2.11. The molecule has 1 aromatic carbocycles. The fourth-order valence-electron chi connectivity index (χ4n) is 2.24. The van der Waals surface area contributed by atoms with Gasteiger partial charge < -0.3 is 19.0 Å². The molecule has 3 rings (SSSR count). The predicted molar refractivity (Wildman–Crippen MR) is 70.5 cm³/mol. The molecular weight excluding hydrogens is 270 g/mol. The Morgan fingerprint density at radius 3 is 3.05 bits per heavy atom. The van der Waals surface area contributed by atoms with Gasteiger partial charge in [-0.1, -0.05) is 5.16 Å². The summed E-state index contributed by atoms with van der Waals surface area (Å²) in [6.45, 7) is 0.231. The molecule has 0 amide bonds. The average molecular weight is 284 g/mol. The van der Waals surface area contributed by atoms with Gasteiger partial charge in [0, 0.05) is 12.8 Å². The number of methoxy groups -OCH3 is 1. The molecule has 5 nitrogen and oxygen atoms in total. The summed E-state index contributed by atoms with van der Waals surface area (Å²) in [4.78, 5) is 5.34. The first-order chi connectivity index (χ1) is 9.30. The van der Waals surface area contributed by atoms with Crippen LogP contribution in [-0.4, -0.2) is 31.6 Å². The van der Waals surface area contributed by atoms with Crippen LogP contribution >= 0.6 is 11.6 Å². The standard InChI is InChI=1S/C13H14ClNO4/c1-16-11-3-8(4-12-13(11)18-7-17-12)2-10-5-9(6-14)15-19-10/h3-4,10H,2,5-7H2,1H3/t10-/m0/s1. The summed E-state index contributed by atoms with van der Waals surface area (Å²) < 4.78 is 16.1. The summed E-state index contributed by atoms with van der Waals surface area (Å²) in [7, 11) is 1.61. The number of hydrogen-bond donors (Lipinski definition) is 0. The van der Waals surface area contributed by atoms with Crippen LogP contribution < -0.4 is 14.2 Å². The van der Waals surface area contributed by atoms with Gasteiger partial charge in [0.2, 0.25) is 12.5 Å². The molecule has 2 aliphatic heterocycles. The van der Waals surface area contributed by atoms with Crippen LogP contribution in [0.1, 0.15) is 12.0 Å². The van der Waals surface area contributed by atoms with Crippen molar-refractivity contribution in [3.8, 4) is 17.2 Å². The molecule has 6 heteroatoms. The van der Waals surface area contributed by atoms with Crippen molar-refractivity contribution in [2.45, 2.75) is 18.9 Å². The zero-order valence-corrected chi connectivity index (χ0v) is 11.3. The van der Waals surface area contributed by atoms with Crippen molar-refractivity contribution in [2.24, 2.45) is 5.16 Å². The van der Waals surface area contributed by atoms with Crippen molar-refractivity contribution in [2.75, 3.05) is 19.8 Å². The highest BCUT2D eigenvalue weighted by Gasteiger charge is 2.24. The van der Waals surface area contributed by atoms with E-state index in [4.69, 9.17) is 30.6 Å². The number of halogens is 1. The van der Waals surface area contributed by atoms with Gasteiger partial charge in [0.1, 0.15) is 6.10 Å². The van der Waals surface area contributed by atoms with Crippen molar-refractivity contribution >= 4 is 17.3 Å². The lowest BCUT2D eigenvalue weighted by atomic mass is 10.0. The molecule has 0 aliphatic carbocycles. The van der Waals surface area contributed by atoms with Gasteiger partial charge in [-0.2, -0.15) is 0 Å². The lowest BCUT2D eigenvalue weighted by molar-refractivity contribution is 0.0858. The number of oxime groups is 1. The van der Waals surface area contributed by atoms with Gasteiger partial charge in [-0.05, 0) is 17.7 Å². The minimum atomic E-state index is 0.0267. The maximum absolute atomic E-state index is 5.73. The van der Waals surface area contributed by atoms with Gasteiger partial charge in [-0.3, -0.25) is 0 Å². The quantitative estimate of drug-likeness (QED) is 0.796. The number of rotatable bonds is 4. The molecule has 2 heterocycles. The Hall–Kier alpha value is -1.62. The van der Waals surface area contributed by atoms with E-state index in [1.54, 1.807) is 7.11 Å². The lowest BCUT2D eigenvalue weighted by Crippen LogP contribution is -2.12. The fourth-order valence-corrected chi connectivity index (χ4v) is 2.40. The Labute approximate surface area is 116 Å². The normalized spacial score (nSPS) is 20.1. The molecule has 0 unspecified atom stereocenters. The second-order valence-corrected chi connectivity index (χ2v) is 4.73. The van der Waals surface area contributed by atoms with Crippen LogP contribution in [0.5, 0.6) is 17.2 Å². The van der Waals surface area contributed by atoms with Crippen molar-refractivity contribution < 1.29 is 19.0 Å². The molecule has 0 spiro atoms. The molecule has 2 aliphatic rings.